The highest BCUT2D eigenvalue weighted by Crippen LogP contribution is 2.33. The first-order chi connectivity index (χ1) is 8.38. The zero-order chi connectivity index (χ0) is 13.5. The lowest BCUT2D eigenvalue weighted by Crippen LogP contribution is -2.12. The minimum absolute atomic E-state index is 0.0158. The van der Waals surface area contributed by atoms with Gasteiger partial charge in [-0.1, -0.05) is 32.0 Å². The highest BCUT2D eigenvalue weighted by Gasteiger charge is 2.24. The van der Waals surface area contributed by atoms with Gasteiger partial charge in [-0.2, -0.15) is 4.39 Å². The van der Waals surface area contributed by atoms with E-state index in [2.05, 4.69) is 0 Å². The summed E-state index contributed by atoms with van der Waals surface area (Å²) in [6.45, 7) is 3.86. The zero-order valence-electron chi connectivity index (χ0n) is 10.6. The first-order valence-electron chi connectivity index (χ1n) is 5.87. The summed E-state index contributed by atoms with van der Waals surface area (Å²) in [6.07, 6.45) is 1.78. The normalized spacial score (nSPS) is 14.0. The SMILES string of the molecule is CCC(C)c1c(F)n(S(C)(=O)=O)c2ccccc12. The highest BCUT2D eigenvalue weighted by atomic mass is 32.2. The monoisotopic (exact) mass is 269 g/mol. The Morgan fingerprint density at radius 1 is 1.33 bits per heavy atom. The average Bonchev–Trinajstić information content (AvgIpc) is 2.59. The molecule has 98 valence electrons. The van der Waals surface area contributed by atoms with Crippen molar-refractivity contribution in [2.75, 3.05) is 6.26 Å². The molecular formula is C13H16FNO2S. The van der Waals surface area contributed by atoms with Crippen LogP contribution in [0.1, 0.15) is 31.7 Å². The highest BCUT2D eigenvalue weighted by molar-refractivity contribution is 7.89. The molecule has 0 saturated carbocycles. The van der Waals surface area contributed by atoms with E-state index in [9.17, 15) is 12.8 Å². The summed E-state index contributed by atoms with van der Waals surface area (Å²) >= 11 is 0. The fraction of sp³-hybridized carbons (Fsp3) is 0.385. The van der Waals surface area contributed by atoms with Gasteiger partial charge in [0.2, 0.25) is 16.0 Å². The van der Waals surface area contributed by atoms with E-state index in [4.69, 9.17) is 0 Å². The van der Waals surface area contributed by atoms with Crippen molar-refractivity contribution < 1.29 is 12.8 Å². The topological polar surface area (TPSA) is 39.1 Å². The van der Waals surface area contributed by atoms with Crippen LogP contribution < -0.4 is 0 Å². The Balaban J connectivity index is 2.93. The third kappa shape index (κ3) is 1.92. The van der Waals surface area contributed by atoms with E-state index in [0.717, 1.165) is 16.6 Å². The predicted octanol–water partition coefficient (Wildman–Crippen LogP) is 3.10. The predicted molar refractivity (Wildman–Crippen MR) is 70.8 cm³/mol. The first-order valence-corrected chi connectivity index (χ1v) is 7.72. The molecule has 1 aromatic carbocycles. The molecule has 0 saturated heterocycles. The van der Waals surface area contributed by atoms with Gasteiger partial charge in [0.15, 0.2) is 0 Å². The van der Waals surface area contributed by atoms with Gasteiger partial charge in [-0.05, 0) is 18.4 Å². The van der Waals surface area contributed by atoms with Gasteiger partial charge >= 0.3 is 0 Å². The van der Waals surface area contributed by atoms with E-state index in [1.165, 1.54) is 0 Å². The van der Waals surface area contributed by atoms with Crippen LogP contribution in [-0.4, -0.2) is 18.6 Å². The van der Waals surface area contributed by atoms with E-state index >= 15 is 0 Å². The molecule has 2 aromatic rings. The quantitative estimate of drug-likeness (QED) is 0.859. The number of benzene rings is 1. The molecule has 0 fully saturated rings. The van der Waals surface area contributed by atoms with E-state index < -0.39 is 16.0 Å². The molecular weight excluding hydrogens is 253 g/mol. The zero-order valence-corrected chi connectivity index (χ0v) is 11.5. The second-order valence-electron chi connectivity index (χ2n) is 4.56. The number of aromatic nitrogens is 1. The lowest BCUT2D eigenvalue weighted by atomic mass is 9.98. The van der Waals surface area contributed by atoms with E-state index in [1.807, 2.05) is 13.8 Å². The number of nitrogens with zero attached hydrogens (tertiary/aromatic N) is 1. The van der Waals surface area contributed by atoms with Gasteiger partial charge in [0, 0.05) is 10.9 Å². The van der Waals surface area contributed by atoms with Crippen molar-refractivity contribution in [3.05, 3.63) is 35.8 Å². The van der Waals surface area contributed by atoms with E-state index in [-0.39, 0.29) is 5.92 Å². The maximum Gasteiger partial charge on any atom is 0.238 e. The van der Waals surface area contributed by atoms with Crippen molar-refractivity contribution in [2.24, 2.45) is 0 Å². The summed E-state index contributed by atoms with van der Waals surface area (Å²) in [6, 6.07) is 6.90. The fourth-order valence-corrected chi connectivity index (χ4v) is 3.11. The molecule has 5 heteroatoms. The van der Waals surface area contributed by atoms with Crippen molar-refractivity contribution in [3.63, 3.8) is 0 Å². The van der Waals surface area contributed by atoms with Crippen molar-refractivity contribution in [2.45, 2.75) is 26.2 Å². The minimum Gasteiger partial charge on any atom is -0.212 e. The van der Waals surface area contributed by atoms with E-state index in [1.54, 1.807) is 24.3 Å². The van der Waals surface area contributed by atoms with Gasteiger partial charge in [-0.15, -0.1) is 0 Å². The Hall–Kier alpha value is -1.36. The summed E-state index contributed by atoms with van der Waals surface area (Å²) in [5.41, 5.74) is 0.895. The number of halogens is 1. The summed E-state index contributed by atoms with van der Waals surface area (Å²) < 4.78 is 38.6. The molecule has 2 rings (SSSR count). The molecule has 1 unspecified atom stereocenters. The molecule has 0 bridgehead atoms. The molecule has 0 N–H and O–H groups in total. The van der Waals surface area contributed by atoms with Crippen LogP contribution in [-0.2, 0) is 10.0 Å². The smallest absolute Gasteiger partial charge is 0.212 e. The standard InChI is InChI=1S/C13H16FNO2S/c1-4-9(2)12-10-7-5-6-8-11(10)15(13(12)14)18(3,16)17/h5-9H,4H2,1-3H3. The minimum atomic E-state index is -3.64. The van der Waals surface area contributed by atoms with Crippen molar-refractivity contribution in [3.8, 4) is 0 Å². The summed E-state index contributed by atoms with van der Waals surface area (Å²) in [7, 11) is -3.64. The first kappa shape index (κ1) is 13.1. The third-order valence-electron chi connectivity index (χ3n) is 3.25. The summed E-state index contributed by atoms with van der Waals surface area (Å²) in [4.78, 5) is 0. The number of rotatable bonds is 3. The molecule has 0 radical (unpaired) electrons. The maximum atomic E-state index is 14.4. The third-order valence-corrected chi connectivity index (χ3v) is 4.27. The van der Waals surface area contributed by atoms with Crippen molar-refractivity contribution in [1.82, 2.24) is 3.97 Å². The second kappa shape index (κ2) is 4.39. The number of para-hydroxylation sites is 1. The Morgan fingerprint density at radius 2 is 1.94 bits per heavy atom. The Labute approximate surface area is 106 Å². The lowest BCUT2D eigenvalue weighted by molar-refractivity contribution is 0.530. The van der Waals surface area contributed by atoms with Crippen LogP contribution in [0.15, 0.2) is 24.3 Å². The van der Waals surface area contributed by atoms with Crippen LogP contribution in [0.3, 0.4) is 0 Å². The van der Waals surface area contributed by atoms with Gasteiger partial charge in [0.1, 0.15) is 0 Å². The molecule has 3 nitrogen and oxygen atoms in total. The maximum absolute atomic E-state index is 14.4. The van der Waals surface area contributed by atoms with Gasteiger partial charge in [-0.25, -0.2) is 12.4 Å². The molecule has 0 aliphatic carbocycles. The molecule has 18 heavy (non-hydrogen) atoms. The van der Waals surface area contributed by atoms with Crippen LogP contribution >= 0.6 is 0 Å². The Bertz CT molecular complexity index is 688. The molecule has 0 spiro atoms. The van der Waals surface area contributed by atoms with Crippen LogP contribution in [0.25, 0.3) is 10.9 Å². The largest absolute Gasteiger partial charge is 0.238 e. The van der Waals surface area contributed by atoms with Crippen LogP contribution in [0.2, 0.25) is 0 Å². The van der Waals surface area contributed by atoms with Gasteiger partial charge in [-0.3, -0.25) is 0 Å². The Morgan fingerprint density at radius 3 is 2.50 bits per heavy atom. The van der Waals surface area contributed by atoms with Gasteiger partial charge in [0.25, 0.3) is 0 Å². The van der Waals surface area contributed by atoms with Crippen LogP contribution in [0.4, 0.5) is 4.39 Å². The van der Waals surface area contributed by atoms with Gasteiger partial charge in [0.05, 0.1) is 11.8 Å². The van der Waals surface area contributed by atoms with Crippen LogP contribution in [0.5, 0.6) is 0 Å². The lowest BCUT2D eigenvalue weighted by Gasteiger charge is -2.07. The molecule has 1 aromatic heterocycles. The number of fused-ring (bicyclic) bond motifs is 1. The average molecular weight is 269 g/mol. The van der Waals surface area contributed by atoms with Crippen LogP contribution in [0, 0.1) is 5.95 Å². The molecule has 1 heterocycles. The second-order valence-corrected chi connectivity index (χ2v) is 6.39. The summed E-state index contributed by atoms with van der Waals surface area (Å²) in [5, 5.41) is 0.676. The number of hydrogen-bond acceptors (Lipinski definition) is 2. The molecule has 0 aliphatic heterocycles. The fourth-order valence-electron chi connectivity index (χ4n) is 2.20. The van der Waals surface area contributed by atoms with Crippen molar-refractivity contribution >= 4 is 20.9 Å². The number of hydrogen-bond donors (Lipinski definition) is 0. The summed E-state index contributed by atoms with van der Waals surface area (Å²) in [5.74, 6) is -0.675. The molecule has 0 amide bonds. The Kier molecular flexibility index (Phi) is 3.19. The van der Waals surface area contributed by atoms with E-state index in [0.29, 0.717) is 16.5 Å². The molecule has 1 atom stereocenters. The van der Waals surface area contributed by atoms with Crippen molar-refractivity contribution in [1.29, 1.82) is 0 Å². The molecule has 0 aliphatic rings. The van der Waals surface area contributed by atoms with Gasteiger partial charge < -0.3 is 0 Å².